The van der Waals surface area contributed by atoms with Gasteiger partial charge in [0.1, 0.15) is 5.75 Å². The Morgan fingerprint density at radius 3 is 2.65 bits per heavy atom. The zero-order valence-corrected chi connectivity index (χ0v) is 13.4. The molecular weight excluding hydrogens is 294 g/mol. The number of phenols is 1. The highest BCUT2D eigenvalue weighted by molar-refractivity contribution is 6.09. The van der Waals surface area contributed by atoms with Crippen LogP contribution in [0, 0.1) is 6.92 Å². The number of amides is 1. The molecule has 0 radical (unpaired) electrons. The minimum Gasteiger partial charge on any atom is -0.504 e. The maximum atomic E-state index is 12.9. The van der Waals surface area contributed by atoms with Gasteiger partial charge in [0.15, 0.2) is 11.5 Å². The van der Waals surface area contributed by atoms with Crippen LogP contribution in [0.5, 0.6) is 17.2 Å². The van der Waals surface area contributed by atoms with Gasteiger partial charge in [-0.2, -0.15) is 0 Å². The van der Waals surface area contributed by atoms with Gasteiger partial charge in [0, 0.05) is 12.2 Å². The fraction of sp³-hybridized carbons (Fsp3) is 0.278. The molecular formula is C18H19NO4. The first-order valence-electron chi connectivity index (χ1n) is 7.41. The summed E-state index contributed by atoms with van der Waals surface area (Å²) in [6, 6.07) is 9.04. The third-order valence-electron chi connectivity index (χ3n) is 4.10. The van der Waals surface area contributed by atoms with Gasteiger partial charge in [-0.25, -0.2) is 0 Å². The van der Waals surface area contributed by atoms with Crippen molar-refractivity contribution in [2.24, 2.45) is 0 Å². The predicted molar refractivity (Wildman–Crippen MR) is 87.8 cm³/mol. The van der Waals surface area contributed by atoms with Crippen molar-refractivity contribution in [1.29, 1.82) is 0 Å². The minimum absolute atomic E-state index is 0.120. The predicted octanol–water partition coefficient (Wildman–Crippen LogP) is 2.92. The van der Waals surface area contributed by atoms with Gasteiger partial charge < -0.3 is 19.5 Å². The van der Waals surface area contributed by atoms with Crippen molar-refractivity contribution in [2.45, 2.75) is 13.3 Å². The van der Waals surface area contributed by atoms with Crippen LogP contribution in [0.25, 0.3) is 0 Å². The van der Waals surface area contributed by atoms with Gasteiger partial charge in [-0.3, -0.25) is 4.79 Å². The van der Waals surface area contributed by atoms with Crippen LogP contribution in [0.1, 0.15) is 21.5 Å². The van der Waals surface area contributed by atoms with Gasteiger partial charge in [-0.1, -0.05) is 0 Å². The summed E-state index contributed by atoms with van der Waals surface area (Å²) in [5.74, 6) is 0.735. The Morgan fingerprint density at radius 1 is 1.17 bits per heavy atom. The van der Waals surface area contributed by atoms with Crippen molar-refractivity contribution in [3.8, 4) is 17.2 Å². The zero-order chi connectivity index (χ0) is 16.6. The van der Waals surface area contributed by atoms with Crippen LogP contribution in [-0.4, -0.2) is 31.8 Å². The average Bonchev–Trinajstić information content (AvgIpc) is 2.98. The molecule has 0 aromatic heterocycles. The van der Waals surface area contributed by atoms with Crippen molar-refractivity contribution in [1.82, 2.24) is 0 Å². The second kappa shape index (κ2) is 5.83. The number of hydrogen-bond acceptors (Lipinski definition) is 4. The minimum atomic E-state index is -0.228. The molecule has 0 fully saturated rings. The summed E-state index contributed by atoms with van der Waals surface area (Å²) in [5.41, 5.74) is 3.04. The van der Waals surface area contributed by atoms with Crippen molar-refractivity contribution < 1.29 is 19.4 Å². The second-order valence-corrected chi connectivity index (χ2v) is 5.56. The Kier molecular flexibility index (Phi) is 3.86. The molecule has 0 saturated carbocycles. The summed E-state index contributed by atoms with van der Waals surface area (Å²) in [4.78, 5) is 14.6. The van der Waals surface area contributed by atoms with E-state index in [2.05, 4.69) is 0 Å². The van der Waals surface area contributed by atoms with E-state index in [0.717, 1.165) is 29.0 Å². The molecule has 0 unspecified atom stereocenters. The lowest BCUT2D eigenvalue weighted by Crippen LogP contribution is -2.29. The van der Waals surface area contributed by atoms with Crippen molar-refractivity contribution >= 4 is 11.6 Å². The normalized spacial score (nSPS) is 12.9. The maximum absolute atomic E-state index is 12.9. The number of ether oxygens (including phenoxy) is 2. The van der Waals surface area contributed by atoms with E-state index in [1.54, 1.807) is 24.1 Å². The monoisotopic (exact) mass is 313 g/mol. The Hall–Kier alpha value is -2.69. The Bertz CT molecular complexity index is 770. The van der Waals surface area contributed by atoms with E-state index < -0.39 is 0 Å². The molecule has 5 nitrogen and oxygen atoms in total. The molecule has 2 aromatic carbocycles. The van der Waals surface area contributed by atoms with Crippen LogP contribution in [-0.2, 0) is 6.42 Å². The molecule has 1 amide bonds. The summed E-state index contributed by atoms with van der Waals surface area (Å²) in [6.45, 7) is 2.44. The van der Waals surface area contributed by atoms with Gasteiger partial charge in [-0.05, 0) is 54.8 Å². The summed E-state index contributed by atoms with van der Waals surface area (Å²) in [6.07, 6.45) is 0.766. The Labute approximate surface area is 135 Å². The highest BCUT2D eigenvalue weighted by Crippen LogP contribution is 2.36. The maximum Gasteiger partial charge on any atom is 0.262 e. The first-order valence-corrected chi connectivity index (χ1v) is 7.41. The fourth-order valence-corrected chi connectivity index (χ4v) is 2.93. The number of carbonyl (C=O) groups is 1. The summed E-state index contributed by atoms with van der Waals surface area (Å²) >= 11 is 0. The number of hydrogen-bond donors (Lipinski definition) is 1. The first kappa shape index (κ1) is 15.2. The molecule has 0 aliphatic carbocycles. The van der Waals surface area contributed by atoms with Crippen molar-refractivity contribution in [2.75, 3.05) is 25.7 Å². The lowest BCUT2D eigenvalue weighted by Gasteiger charge is -2.19. The van der Waals surface area contributed by atoms with Crippen molar-refractivity contribution in [3.05, 3.63) is 47.0 Å². The van der Waals surface area contributed by atoms with E-state index >= 15 is 0 Å². The molecule has 120 valence electrons. The van der Waals surface area contributed by atoms with Crippen LogP contribution >= 0.6 is 0 Å². The number of rotatable bonds is 3. The molecule has 2 aromatic rings. The molecule has 0 atom stereocenters. The third kappa shape index (κ3) is 2.59. The number of fused-ring (bicyclic) bond motifs is 1. The topological polar surface area (TPSA) is 59.0 Å². The number of benzene rings is 2. The number of aryl methyl sites for hydroxylation is 1. The van der Waals surface area contributed by atoms with Gasteiger partial charge in [-0.15, -0.1) is 0 Å². The number of anilines is 1. The number of methoxy groups -OCH3 is 2. The molecule has 3 rings (SSSR count). The molecule has 23 heavy (non-hydrogen) atoms. The van der Waals surface area contributed by atoms with Gasteiger partial charge >= 0.3 is 0 Å². The van der Waals surface area contributed by atoms with E-state index in [4.69, 9.17) is 9.47 Å². The standard InChI is InChI=1S/C18H19NO4/c1-11-8-14(17(20)16(9-11)23-3)18(21)19-7-6-12-10-13(22-2)4-5-15(12)19/h4-5,8-10,20H,6-7H2,1-3H3. The molecule has 0 bridgehead atoms. The quantitative estimate of drug-likeness (QED) is 0.946. The van der Waals surface area contributed by atoms with Crippen LogP contribution in [0.4, 0.5) is 5.69 Å². The molecule has 1 aliphatic rings. The number of carbonyl (C=O) groups excluding carboxylic acids is 1. The second-order valence-electron chi connectivity index (χ2n) is 5.56. The van der Waals surface area contributed by atoms with E-state index in [9.17, 15) is 9.90 Å². The molecule has 0 spiro atoms. The zero-order valence-electron chi connectivity index (χ0n) is 13.4. The van der Waals surface area contributed by atoms with E-state index in [1.165, 1.54) is 7.11 Å². The average molecular weight is 313 g/mol. The smallest absolute Gasteiger partial charge is 0.262 e. The SMILES string of the molecule is COc1ccc2c(c1)CCN2C(=O)c1cc(C)cc(OC)c1O. The van der Waals surface area contributed by atoms with E-state index in [-0.39, 0.29) is 17.2 Å². The molecule has 0 saturated heterocycles. The number of aromatic hydroxyl groups is 1. The van der Waals surface area contributed by atoms with Gasteiger partial charge in [0.25, 0.3) is 5.91 Å². The van der Waals surface area contributed by atoms with E-state index in [1.807, 2.05) is 25.1 Å². The first-order chi connectivity index (χ1) is 11.0. The molecule has 1 heterocycles. The van der Waals surface area contributed by atoms with Crippen LogP contribution < -0.4 is 14.4 Å². The van der Waals surface area contributed by atoms with Crippen LogP contribution in [0.15, 0.2) is 30.3 Å². The molecule has 5 heteroatoms. The molecule has 1 N–H and O–H groups in total. The third-order valence-corrected chi connectivity index (χ3v) is 4.10. The van der Waals surface area contributed by atoms with Gasteiger partial charge in [0.2, 0.25) is 0 Å². The summed E-state index contributed by atoms with van der Waals surface area (Å²) < 4.78 is 10.4. The summed E-state index contributed by atoms with van der Waals surface area (Å²) in [7, 11) is 3.09. The Balaban J connectivity index is 1.99. The molecule has 1 aliphatic heterocycles. The summed E-state index contributed by atoms with van der Waals surface area (Å²) in [5, 5.41) is 10.3. The highest BCUT2D eigenvalue weighted by Gasteiger charge is 2.28. The van der Waals surface area contributed by atoms with Crippen LogP contribution in [0.3, 0.4) is 0 Å². The van der Waals surface area contributed by atoms with Crippen LogP contribution in [0.2, 0.25) is 0 Å². The van der Waals surface area contributed by atoms with E-state index in [0.29, 0.717) is 12.3 Å². The Morgan fingerprint density at radius 2 is 1.96 bits per heavy atom. The lowest BCUT2D eigenvalue weighted by atomic mass is 10.1. The fourth-order valence-electron chi connectivity index (χ4n) is 2.93. The largest absolute Gasteiger partial charge is 0.504 e. The lowest BCUT2D eigenvalue weighted by molar-refractivity contribution is 0.0986. The highest BCUT2D eigenvalue weighted by atomic mass is 16.5. The van der Waals surface area contributed by atoms with Gasteiger partial charge in [0.05, 0.1) is 19.8 Å². The number of nitrogens with zero attached hydrogens (tertiary/aromatic N) is 1. The number of phenolic OH excluding ortho intramolecular Hbond substituents is 1. The van der Waals surface area contributed by atoms with Crippen molar-refractivity contribution in [3.63, 3.8) is 0 Å².